The van der Waals surface area contributed by atoms with Crippen molar-refractivity contribution in [2.45, 2.75) is 10.7 Å². The van der Waals surface area contributed by atoms with Crippen LogP contribution >= 0.6 is 11.8 Å². The zero-order valence-corrected chi connectivity index (χ0v) is 8.11. The third-order valence-corrected chi connectivity index (χ3v) is 2.70. The number of ketones is 1. The standard InChI is InChI=1S/C9H5F2NO2S/c10-9(11)15-5-3-1-2-4-6(5)12-8(14)7(4)13/h1-3,9H,(H,12,13,14). The summed E-state index contributed by atoms with van der Waals surface area (Å²) in [5.74, 6) is -4.03. The molecule has 0 radical (unpaired) electrons. The maximum absolute atomic E-state index is 12.1. The van der Waals surface area contributed by atoms with E-state index in [1.807, 2.05) is 0 Å². The number of thioether (sulfide) groups is 1. The topological polar surface area (TPSA) is 46.2 Å². The number of halogens is 2. The Morgan fingerprint density at radius 1 is 1.27 bits per heavy atom. The summed E-state index contributed by atoms with van der Waals surface area (Å²) in [5, 5.41) is 2.28. The van der Waals surface area contributed by atoms with Crippen molar-refractivity contribution in [1.82, 2.24) is 0 Å². The molecule has 0 spiro atoms. The maximum atomic E-state index is 12.1. The van der Waals surface area contributed by atoms with Crippen LogP contribution in [0.4, 0.5) is 14.5 Å². The zero-order valence-electron chi connectivity index (χ0n) is 7.29. The number of Topliss-reactive ketones (excluding diaryl/α,β-unsaturated/α-hetero) is 1. The first-order valence-electron chi connectivity index (χ1n) is 4.03. The van der Waals surface area contributed by atoms with E-state index in [9.17, 15) is 18.4 Å². The van der Waals surface area contributed by atoms with Crippen LogP contribution in [0.15, 0.2) is 23.1 Å². The smallest absolute Gasteiger partial charge is 0.296 e. The molecular weight excluding hydrogens is 224 g/mol. The molecule has 3 nitrogen and oxygen atoms in total. The minimum atomic E-state index is -2.58. The fraction of sp³-hybridized carbons (Fsp3) is 0.111. The molecule has 0 saturated carbocycles. The van der Waals surface area contributed by atoms with E-state index in [-0.39, 0.29) is 16.1 Å². The molecule has 1 aliphatic heterocycles. The van der Waals surface area contributed by atoms with Gasteiger partial charge < -0.3 is 5.32 Å². The van der Waals surface area contributed by atoms with E-state index in [0.717, 1.165) is 0 Å². The molecule has 1 N–H and O–H groups in total. The van der Waals surface area contributed by atoms with Crippen LogP contribution < -0.4 is 5.32 Å². The van der Waals surface area contributed by atoms with E-state index < -0.39 is 17.4 Å². The summed E-state index contributed by atoms with van der Waals surface area (Å²) >= 11 is 0.308. The van der Waals surface area contributed by atoms with Crippen molar-refractivity contribution >= 4 is 29.1 Å². The highest BCUT2D eigenvalue weighted by Crippen LogP contribution is 2.36. The first-order valence-corrected chi connectivity index (χ1v) is 4.91. The summed E-state index contributed by atoms with van der Waals surface area (Å²) in [6.07, 6.45) is 0. The zero-order chi connectivity index (χ0) is 11.0. The number of fused-ring (bicyclic) bond motifs is 1. The van der Waals surface area contributed by atoms with Gasteiger partial charge in [-0.15, -0.1) is 0 Å². The number of benzene rings is 1. The number of hydrogen-bond donors (Lipinski definition) is 1. The fourth-order valence-electron chi connectivity index (χ4n) is 1.34. The van der Waals surface area contributed by atoms with Crippen molar-refractivity contribution in [3.63, 3.8) is 0 Å². The Balaban J connectivity index is 2.45. The highest BCUT2D eigenvalue weighted by Gasteiger charge is 2.30. The molecule has 0 saturated heterocycles. The summed E-state index contributed by atoms with van der Waals surface area (Å²) in [5.41, 5.74) is 0.350. The van der Waals surface area contributed by atoms with E-state index in [4.69, 9.17) is 0 Å². The van der Waals surface area contributed by atoms with Crippen molar-refractivity contribution in [3.05, 3.63) is 23.8 Å². The van der Waals surface area contributed by atoms with Gasteiger partial charge in [-0.3, -0.25) is 9.59 Å². The molecule has 0 atom stereocenters. The number of rotatable bonds is 2. The Labute approximate surface area is 87.8 Å². The Bertz CT molecular complexity index is 448. The van der Waals surface area contributed by atoms with Gasteiger partial charge >= 0.3 is 0 Å². The first-order chi connectivity index (χ1) is 7.09. The fourth-order valence-corrected chi connectivity index (χ4v) is 1.96. The van der Waals surface area contributed by atoms with Crippen LogP contribution in [0.3, 0.4) is 0 Å². The van der Waals surface area contributed by atoms with Crippen molar-refractivity contribution in [2.24, 2.45) is 0 Å². The molecule has 1 amide bonds. The quantitative estimate of drug-likeness (QED) is 0.624. The molecule has 0 aliphatic carbocycles. The highest BCUT2D eigenvalue weighted by atomic mass is 32.2. The molecule has 15 heavy (non-hydrogen) atoms. The Hall–Kier alpha value is -1.43. The number of carbonyl (C=O) groups is 2. The normalized spacial score (nSPS) is 14.3. The number of anilines is 1. The summed E-state index contributed by atoms with van der Waals surface area (Å²) in [6, 6.07) is 4.35. The minimum Gasteiger partial charge on any atom is -0.317 e. The van der Waals surface area contributed by atoms with Crippen molar-refractivity contribution in [2.75, 3.05) is 5.32 Å². The first kappa shape index (κ1) is 10.1. The number of carbonyl (C=O) groups excluding carboxylic acids is 2. The molecule has 6 heteroatoms. The molecule has 1 aliphatic rings. The van der Waals surface area contributed by atoms with Gasteiger partial charge in [0.2, 0.25) is 0 Å². The molecule has 78 valence electrons. The second-order valence-electron chi connectivity index (χ2n) is 2.84. The Morgan fingerprint density at radius 3 is 2.67 bits per heavy atom. The third-order valence-electron chi connectivity index (χ3n) is 1.93. The van der Waals surface area contributed by atoms with Crippen LogP contribution in [0.5, 0.6) is 0 Å². The number of hydrogen-bond acceptors (Lipinski definition) is 3. The van der Waals surface area contributed by atoms with Gasteiger partial charge in [-0.25, -0.2) is 0 Å². The van der Waals surface area contributed by atoms with E-state index >= 15 is 0 Å². The summed E-state index contributed by atoms with van der Waals surface area (Å²) in [6.45, 7) is 0. The van der Waals surface area contributed by atoms with Crippen molar-refractivity contribution < 1.29 is 18.4 Å². The summed E-state index contributed by atoms with van der Waals surface area (Å²) in [7, 11) is 0. The van der Waals surface area contributed by atoms with Gasteiger partial charge in [0, 0.05) is 4.90 Å². The van der Waals surface area contributed by atoms with Gasteiger partial charge in [-0.05, 0) is 12.1 Å². The number of alkyl halides is 2. The largest absolute Gasteiger partial charge is 0.317 e. The van der Waals surface area contributed by atoms with Gasteiger partial charge in [0.1, 0.15) is 0 Å². The predicted molar refractivity (Wildman–Crippen MR) is 51.3 cm³/mol. The number of nitrogens with one attached hydrogen (secondary N) is 1. The molecule has 2 rings (SSSR count). The molecule has 1 aromatic carbocycles. The molecule has 1 heterocycles. The van der Waals surface area contributed by atoms with Crippen LogP contribution in [0.1, 0.15) is 10.4 Å². The van der Waals surface area contributed by atoms with Crippen molar-refractivity contribution in [1.29, 1.82) is 0 Å². The number of para-hydroxylation sites is 1. The Kier molecular flexibility index (Phi) is 2.44. The van der Waals surface area contributed by atoms with Gasteiger partial charge in [-0.1, -0.05) is 17.8 Å². The third kappa shape index (κ3) is 1.72. The highest BCUT2D eigenvalue weighted by molar-refractivity contribution is 7.99. The average molecular weight is 229 g/mol. The second-order valence-corrected chi connectivity index (χ2v) is 3.87. The molecule has 0 fully saturated rings. The van der Waals surface area contributed by atoms with Gasteiger partial charge in [-0.2, -0.15) is 8.78 Å². The van der Waals surface area contributed by atoms with Crippen LogP contribution in [0.25, 0.3) is 0 Å². The molecule has 0 unspecified atom stereocenters. The lowest BCUT2D eigenvalue weighted by atomic mass is 10.1. The lowest BCUT2D eigenvalue weighted by Gasteiger charge is -2.05. The molecule has 0 bridgehead atoms. The lowest BCUT2D eigenvalue weighted by Crippen LogP contribution is -2.12. The van der Waals surface area contributed by atoms with E-state index in [1.165, 1.54) is 18.2 Å². The van der Waals surface area contributed by atoms with Crippen molar-refractivity contribution in [3.8, 4) is 0 Å². The number of amides is 1. The van der Waals surface area contributed by atoms with Crippen LogP contribution in [-0.4, -0.2) is 17.4 Å². The minimum absolute atomic E-state index is 0.158. The van der Waals surface area contributed by atoms with E-state index in [2.05, 4.69) is 5.32 Å². The second kappa shape index (κ2) is 3.62. The monoisotopic (exact) mass is 229 g/mol. The molecule has 0 aromatic heterocycles. The van der Waals surface area contributed by atoms with Gasteiger partial charge in [0.15, 0.2) is 0 Å². The lowest BCUT2D eigenvalue weighted by molar-refractivity contribution is -0.112. The Morgan fingerprint density at radius 2 is 2.00 bits per heavy atom. The van der Waals surface area contributed by atoms with E-state index in [1.54, 1.807) is 0 Å². The summed E-state index contributed by atoms with van der Waals surface area (Å²) in [4.78, 5) is 22.4. The van der Waals surface area contributed by atoms with Crippen LogP contribution in [0.2, 0.25) is 0 Å². The van der Waals surface area contributed by atoms with Crippen LogP contribution in [0, 0.1) is 0 Å². The van der Waals surface area contributed by atoms with Crippen LogP contribution in [-0.2, 0) is 4.79 Å². The summed E-state index contributed by atoms with van der Waals surface area (Å²) < 4.78 is 24.3. The maximum Gasteiger partial charge on any atom is 0.296 e. The SMILES string of the molecule is O=C1Nc2c(SC(F)F)cccc2C1=O. The molecule has 1 aromatic rings. The average Bonchev–Trinajstić information content (AvgIpc) is 2.45. The van der Waals surface area contributed by atoms with Gasteiger partial charge in [0.25, 0.3) is 17.4 Å². The van der Waals surface area contributed by atoms with Gasteiger partial charge in [0.05, 0.1) is 11.3 Å². The molecular formula is C9H5F2NO2S. The predicted octanol–water partition coefficient (Wildman–Crippen LogP) is 2.14. The van der Waals surface area contributed by atoms with E-state index in [0.29, 0.717) is 11.8 Å².